The van der Waals surface area contributed by atoms with E-state index in [2.05, 4.69) is 10.3 Å². The number of nitrogens with zero attached hydrogens (tertiary/aromatic N) is 1. The van der Waals surface area contributed by atoms with Gasteiger partial charge < -0.3 is 25.3 Å². The quantitative estimate of drug-likeness (QED) is 0.594. The molecule has 0 aliphatic rings. The number of nitrogens with one attached hydrogen (secondary N) is 1. The van der Waals surface area contributed by atoms with Crippen molar-refractivity contribution in [2.45, 2.75) is 19.6 Å². The number of likely N-dealkylation sites (N-methyl/N-ethyl adjacent to an activating group) is 1. The summed E-state index contributed by atoms with van der Waals surface area (Å²) in [4.78, 5) is 27.3. The predicted molar refractivity (Wildman–Crippen MR) is 104 cm³/mol. The summed E-state index contributed by atoms with van der Waals surface area (Å²) in [6.45, 7) is 3.15. The highest BCUT2D eigenvalue weighted by atomic mass is 35.5. The molecule has 1 aromatic heterocycles. The molecule has 2 aromatic rings. The minimum Gasteiger partial charge on any atom is -0.453 e. The van der Waals surface area contributed by atoms with Crippen LogP contribution in [0, 0.1) is 0 Å². The van der Waals surface area contributed by atoms with Crippen molar-refractivity contribution in [3.8, 4) is 17.4 Å². The number of hydrogen-bond donors (Lipinski definition) is 2. The lowest BCUT2D eigenvalue weighted by molar-refractivity contribution is -0.187. The van der Waals surface area contributed by atoms with Gasteiger partial charge in [-0.05, 0) is 37.3 Å². The number of rotatable bonds is 9. The van der Waals surface area contributed by atoms with Crippen molar-refractivity contribution in [1.82, 2.24) is 10.3 Å². The third-order valence-corrected chi connectivity index (χ3v) is 3.90. The largest absolute Gasteiger partial charge is 0.453 e. The molecule has 0 bridgehead atoms. The first-order valence-electron chi connectivity index (χ1n) is 8.22. The molecular weight excluding hydrogens is 409 g/mol. The van der Waals surface area contributed by atoms with Gasteiger partial charge in [0.15, 0.2) is 0 Å². The molecule has 0 radical (unpaired) electrons. The number of carbonyl (C=O) groups is 2. The molecule has 0 aliphatic heterocycles. The molecule has 8 nitrogen and oxygen atoms in total. The first-order valence-corrected chi connectivity index (χ1v) is 8.97. The number of amides is 2. The second-order valence-electron chi connectivity index (χ2n) is 5.67. The van der Waals surface area contributed by atoms with Gasteiger partial charge in [0.25, 0.3) is 11.7 Å². The van der Waals surface area contributed by atoms with E-state index in [1.165, 1.54) is 31.3 Å². The molecule has 150 valence electrons. The van der Waals surface area contributed by atoms with Gasteiger partial charge >= 0.3 is 0 Å². The first-order chi connectivity index (χ1) is 13.2. The highest BCUT2D eigenvalue weighted by Crippen LogP contribution is 2.30. The summed E-state index contributed by atoms with van der Waals surface area (Å²) in [6.07, 6.45) is 1.41. The van der Waals surface area contributed by atoms with Crippen molar-refractivity contribution in [2.75, 3.05) is 13.2 Å². The normalized spacial score (nSPS) is 12.7. The molecule has 0 spiro atoms. The number of benzene rings is 1. The van der Waals surface area contributed by atoms with Crippen molar-refractivity contribution >= 4 is 35.0 Å². The van der Waals surface area contributed by atoms with Gasteiger partial charge in [-0.25, -0.2) is 4.98 Å². The van der Waals surface area contributed by atoms with Gasteiger partial charge in [0.05, 0.1) is 5.02 Å². The van der Waals surface area contributed by atoms with Crippen molar-refractivity contribution in [1.29, 1.82) is 0 Å². The molecule has 2 amide bonds. The summed E-state index contributed by atoms with van der Waals surface area (Å²) in [5, 5.41) is 3.19. The number of aromatic nitrogens is 1. The Morgan fingerprint density at radius 3 is 2.43 bits per heavy atom. The fraction of sp³-hybridized carbons (Fsp3) is 0.278. The minimum absolute atomic E-state index is 0.187. The molecule has 3 N–H and O–H groups in total. The summed E-state index contributed by atoms with van der Waals surface area (Å²) in [5.41, 5.74) is 5.36. The lowest BCUT2D eigenvalue weighted by Crippen LogP contribution is -2.50. The van der Waals surface area contributed by atoms with Crippen molar-refractivity contribution in [3.05, 3.63) is 46.6 Å². The minimum atomic E-state index is -1.82. The fourth-order valence-corrected chi connectivity index (χ4v) is 2.41. The number of nitrogens with two attached hydrogens (primary N) is 1. The van der Waals surface area contributed by atoms with E-state index in [1.807, 2.05) is 0 Å². The Balaban J connectivity index is 2.06. The third-order valence-electron chi connectivity index (χ3n) is 3.43. The molecule has 1 aromatic carbocycles. The zero-order chi connectivity index (χ0) is 20.7. The molecule has 0 saturated heterocycles. The summed E-state index contributed by atoms with van der Waals surface area (Å²) >= 11 is 11.8. The lowest BCUT2D eigenvalue weighted by atomic mass is 10.2. The van der Waals surface area contributed by atoms with Crippen molar-refractivity contribution < 1.29 is 23.8 Å². The molecule has 1 heterocycles. The average Bonchev–Trinajstić information content (AvgIpc) is 2.64. The van der Waals surface area contributed by atoms with E-state index < -0.39 is 17.6 Å². The fourth-order valence-electron chi connectivity index (χ4n) is 1.99. The Labute approximate surface area is 171 Å². The smallest absolute Gasteiger partial charge is 0.290 e. The van der Waals surface area contributed by atoms with Gasteiger partial charge in [-0.2, -0.15) is 0 Å². The zero-order valence-corrected chi connectivity index (χ0v) is 16.7. The number of primary amides is 1. The lowest BCUT2D eigenvalue weighted by Gasteiger charge is -2.27. The van der Waals surface area contributed by atoms with Crippen LogP contribution in [-0.4, -0.2) is 35.7 Å². The maximum atomic E-state index is 11.8. The van der Waals surface area contributed by atoms with E-state index in [1.54, 1.807) is 19.1 Å². The highest BCUT2D eigenvalue weighted by Gasteiger charge is 2.35. The van der Waals surface area contributed by atoms with E-state index in [9.17, 15) is 9.59 Å². The third kappa shape index (κ3) is 5.98. The summed E-state index contributed by atoms with van der Waals surface area (Å²) in [7, 11) is 0. The highest BCUT2D eigenvalue weighted by molar-refractivity contribution is 6.35. The van der Waals surface area contributed by atoms with Crippen molar-refractivity contribution in [2.24, 2.45) is 5.73 Å². The van der Waals surface area contributed by atoms with Gasteiger partial charge in [-0.3, -0.25) is 9.59 Å². The van der Waals surface area contributed by atoms with Crippen LogP contribution in [0.3, 0.4) is 0 Å². The van der Waals surface area contributed by atoms with E-state index in [0.29, 0.717) is 17.3 Å². The molecule has 1 unspecified atom stereocenters. The van der Waals surface area contributed by atoms with Crippen LogP contribution < -0.4 is 20.5 Å². The van der Waals surface area contributed by atoms with E-state index >= 15 is 0 Å². The van der Waals surface area contributed by atoms with Gasteiger partial charge in [0, 0.05) is 19.7 Å². The molecule has 0 aliphatic carbocycles. The Morgan fingerprint density at radius 1 is 1.21 bits per heavy atom. The molecule has 28 heavy (non-hydrogen) atoms. The average molecular weight is 428 g/mol. The number of halogens is 2. The van der Waals surface area contributed by atoms with Crippen LogP contribution in [-0.2, 0) is 14.3 Å². The Morgan fingerprint density at radius 2 is 1.86 bits per heavy atom. The molecule has 0 fully saturated rings. The number of pyridine rings is 1. The van der Waals surface area contributed by atoms with Crippen LogP contribution in [0.5, 0.6) is 17.4 Å². The molecule has 1 atom stereocenters. The number of carbonyl (C=O) groups excluding carboxylic acids is 2. The number of hydrogen-bond acceptors (Lipinski definition) is 6. The van der Waals surface area contributed by atoms with Crippen molar-refractivity contribution in [3.63, 3.8) is 0 Å². The molecule has 10 heteroatoms. The van der Waals surface area contributed by atoms with Crippen LogP contribution in [0.2, 0.25) is 10.0 Å². The van der Waals surface area contributed by atoms with Crippen LogP contribution >= 0.6 is 23.2 Å². The predicted octanol–water partition coefficient (Wildman–Crippen LogP) is 2.91. The van der Waals surface area contributed by atoms with E-state index in [4.69, 9.17) is 43.1 Å². The standard InChI is InChI=1S/C18H19Cl2N3O5/c1-3-22-15(24)10-26-18(2,17(21)25)28-13-6-4-12(5-7-13)27-16-14(20)8-11(19)9-23-16/h4-9H,3,10H2,1-2H3,(H2,21,25)(H,22,24). The van der Waals surface area contributed by atoms with Crippen LogP contribution in [0.1, 0.15) is 13.8 Å². The SMILES string of the molecule is CCNC(=O)COC(C)(Oc1ccc(Oc2ncc(Cl)cc2Cl)cc1)C(N)=O. The topological polar surface area (TPSA) is 113 Å². The Kier molecular flexibility index (Phi) is 7.45. The second kappa shape index (κ2) is 9.59. The van der Waals surface area contributed by atoms with Gasteiger partial charge in [-0.1, -0.05) is 23.2 Å². The summed E-state index contributed by atoms with van der Waals surface area (Å²) < 4.78 is 16.4. The van der Waals surface area contributed by atoms with Gasteiger partial charge in [0.2, 0.25) is 11.8 Å². The molecule has 2 rings (SSSR count). The summed E-state index contributed by atoms with van der Waals surface area (Å²) in [6, 6.07) is 7.74. The monoisotopic (exact) mass is 427 g/mol. The van der Waals surface area contributed by atoms with E-state index in [0.717, 1.165) is 0 Å². The maximum absolute atomic E-state index is 11.8. The second-order valence-corrected chi connectivity index (χ2v) is 6.51. The Hall–Kier alpha value is -2.55. The van der Waals surface area contributed by atoms with Crippen LogP contribution in [0.25, 0.3) is 0 Å². The van der Waals surface area contributed by atoms with Crippen LogP contribution in [0.4, 0.5) is 0 Å². The zero-order valence-electron chi connectivity index (χ0n) is 15.2. The maximum Gasteiger partial charge on any atom is 0.290 e. The van der Waals surface area contributed by atoms with Crippen LogP contribution in [0.15, 0.2) is 36.5 Å². The number of ether oxygens (including phenoxy) is 3. The summed E-state index contributed by atoms with van der Waals surface area (Å²) in [5.74, 6) is -2.21. The van der Waals surface area contributed by atoms with Gasteiger partial charge in [0.1, 0.15) is 23.1 Å². The van der Waals surface area contributed by atoms with Gasteiger partial charge in [-0.15, -0.1) is 0 Å². The molecular formula is C18H19Cl2N3O5. The Bertz CT molecular complexity index is 848. The molecule has 0 saturated carbocycles. The first kappa shape index (κ1) is 21.7. The van der Waals surface area contributed by atoms with E-state index in [-0.39, 0.29) is 23.3 Å².